The predicted molar refractivity (Wildman–Crippen MR) is 123 cm³/mol. The molecule has 3 heterocycles. The van der Waals surface area contributed by atoms with E-state index in [9.17, 15) is 18.0 Å². The lowest BCUT2D eigenvalue weighted by Crippen LogP contribution is -2.43. The van der Waals surface area contributed by atoms with E-state index < -0.39 is 18.0 Å². The van der Waals surface area contributed by atoms with Crippen molar-refractivity contribution in [3.05, 3.63) is 59.7 Å². The standard InChI is InChI=1S/C23H26F3N7O/c1-32(2)19(15-12-29-22(30-13-15)23(24,25)26)14-28-21(34)17-4-3-5-18-16(17)6-7-20(31-18)33-10-8-27-9-11-33/h3-7,12-13,19,27H,8-11,14H2,1-2H3,(H,28,34)/t19-/m1/s1. The molecule has 4 rings (SSSR count). The molecule has 1 saturated heterocycles. The van der Waals surface area contributed by atoms with Gasteiger partial charge in [-0.1, -0.05) is 6.07 Å². The number of nitrogens with one attached hydrogen (secondary N) is 2. The van der Waals surface area contributed by atoms with Gasteiger partial charge in [-0.15, -0.1) is 0 Å². The molecule has 1 aliphatic heterocycles. The van der Waals surface area contributed by atoms with Gasteiger partial charge < -0.3 is 20.4 Å². The molecule has 180 valence electrons. The molecule has 1 aromatic carbocycles. The SMILES string of the molecule is CN(C)[C@H](CNC(=O)c1cccc2nc(N3CCNCC3)ccc12)c1cnc(C(F)(F)F)nc1. The summed E-state index contributed by atoms with van der Waals surface area (Å²) >= 11 is 0. The van der Waals surface area contributed by atoms with E-state index in [1.54, 1.807) is 31.1 Å². The second kappa shape index (κ2) is 9.90. The van der Waals surface area contributed by atoms with Gasteiger partial charge in [0.05, 0.1) is 11.6 Å². The minimum absolute atomic E-state index is 0.170. The number of pyridine rings is 1. The van der Waals surface area contributed by atoms with E-state index in [0.717, 1.165) is 55.3 Å². The second-order valence-corrected chi connectivity index (χ2v) is 8.31. The number of aromatic nitrogens is 3. The summed E-state index contributed by atoms with van der Waals surface area (Å²) in [7, 11) is 3.54. The van der Waals surface area contributed by atoms with E-state index in [4.69, 9.17) is 4.98 Å². The molecule has 1 fully saturated rings. The normalized spacial score (nSPS) is 15.5. The molecule has 0 spiro atoms. The molecular formula is C23H26F3N7O. The topological polar surface area (TPSA) is 86.3 Å². The Bertz CT molecular complexity index is 1150. The zero-order valence-corrected chi connectivity index (χ0v) is 18.9. The third kappa shape index (κ3) is 5.26. The van der Waals surface area contributed by atoms with Crippen LogP contribution in [0.3, 0.4) is 0 Å². The number of carbonyl (C=O) groups excluding carboxylic acids is 1. The molecule has 0 unspecified atom stereocenters. The molecule has 3 aromatic rings. The van der Waals surface area contributed by atoms with Crippen molar-refractivity contribution in [2.75, 3.05) is 51.7 Å². The van der Waals surface area contributed by atoms with Crippen LogP contribution in [0.4, 0.5) is 19.0 Å². The lowest BCUT2D eigenvalue weighted by atomic mass is 10.1. The highest BCUT2D eigenvalue weighted by Gasteiger charge is 2.34. The van der Waals surface area contributed by atoms with E-state index in [1.165, 1.54) is 0 Å². The van der Waals surface area contributed by atoms with Crippen LogP contribution in [-0.4, -0.2) is 72.6 Å². The summed E-state index contributed by atoms with van der Waals surface area (Å²) in [5.74, 6) is -0.607. The van der Waals surface area contributed by atoms with Gasteiger partial charge in [0.25, 0.3) is 5.91 Å². The van der Waals surface area contributed by atoms with Gasteiger partial charge in [-0.25, -0.2) is 15.0 Å². The summed E-state index contributed by atoms with van der Waals surface area (Å²) in [6.07, 6.45) is -2.31. The number of halogens is 3. The quantitative estimate of drug-likeness (QED) is 0.569. The lowest BCUT2D eigenvalue weighted by Gasteiger charge is -2.28. The van der Waals surface area contributed by atoms with Crippen LogP contribution in [0.25, 0.3) is 10.9 Å². The van der Waals surface area contributed by atoms with Crippen LogP contribution in [0.1, 0.15) is 27.8 Å². The maximum absolute atomic E-state index is 13.0. The Morgan fingerprint density at radius 1 is 1.15 bits per heavy atom. The average molecular weight is 474 g/mol. The Balaban J connectivity index is 1.50. The van der Waals surface area contributed by atoms with Gasteiger partial charge in [-0.2, -0.15) is 13.2 Å². The Morgan fingerprint density at radius 2 is 1.85 bits per heavy atom. The fraction of sp³-hybridized carbons (Fsp3) is 0.391. The monoisotopic (exact) mass is 473 g/mol. The molecule has 0 radical (unpaired) electrons. The molecule has 0 aliphatic carbocycles. The van der Waals surface area contributed by atoms with Crippen LogP contribution >= 0.6 is 0 Å². The Labute approximate surface area is 195 Å². The molecule has 34 heavy (non-hydrogen) atoms. The van der Waals surface area contributed by atoms with Gasteiger partial charge in [-0.3, -0.25) is 4.79 Å². The van der Waals surface area contributed by atoms with E-state index in [2.05, 4.69) is 25.5 Å². The summed E-state index contributed by atoms with van der Waals surface area (Å²) in [6, 6.07) is 8.82. The smallest absolute Gasteiger partial charge is 0.354 e. The third-order valence-electron chi connectivity index (χ3n) is 5.79. The highest BCUT2D eigenvalue weighted by Crippen LogP contribution is 2.27. The van der Waals surface area contributed by atoms with Crippen molar-refractivity contribution in [2.24, 2.45) is 0 Å². The Kier molecular flexibility index (Phi) is 6.94. The second-order valence-electron chi connectivity index (χ2n) is 8.31. The number of rotatable bonds is 6. The number of hydrogen-bond donors (Lipinski definition) is 2. The maximum Gasteiger partial charge on any atom is 0.451 e. The van der Waals surface area contributed by atoms with Crippen LogP contribution in [-0.2, 0) is 6.18 Å². The van der Waals surface area contributed by atoms with Gasteiger partial charge in [0.2, 0.25) is 5.82 Å². The summed E-state index contributed by atoms with van der Waals surface area (Å²) in [6.45, 7) is 3.72. The number of alkyl halides is 3. The molecule has 1 aliphatic rings. The van der Waals surface area contributed by atoms with Crippen LogP contribution in [0.2, 0.25) is 0 Å². The van der Waals surface area contributed by atoms with Gasteiger partial charge in [0.1, 0.15) is 5.82 Å². The number of likely N-dealkylation sites (N-methyl/N-ethyl adjacent to an activating group) is 1. The van der Waals surface area contributed by atoms with Crippen molar-refractivity contribution in [3.63, 3.8) is 0 Å². The van der Waals surface area contributed by atoms with E-state index in [0.29, 0.717) is 11.1 Å². The molecule has 1 amide bonds. The van der Waals surface area contributed by atoms with Crippen LogP contribution < -0.4 is 15.5 Å². The first kappa shape index (κ1) is 23.8. The van der Waals surface area contributed by atoms with Crippen molar-refractivity contribution in [1.82, 2.24) is 30.5 Å². The van der Waals surface area contributed by atoms with E-state index in [-0.39, 0.29) is 12.5 Å². The van der Waals surface area contributed by atoms with Crippen LogP contribution in [0.5, 0.6) is 0 Å². The molecule has 2 aromatic heterocycles. The van der Waals surface area contributed by atoms with Crippen molar-refractivity contribution in [1.29, 1.82) is 0 Å². The predicted octanol–water partition coefficient (Wildman–Crippen LogP) is 2.49. The minimum Gasteiger partial charge on any atom is -0.354 e. The molecule has 11 heteroatoms. The van der Waals surface area contributed by atoms with Gasteiger partial charge >= 0.3 is 6.18 Å². The lowest BCUT2D eigenvalue weighted by molar-refractivity contribution is -0.145. The zero-order valence-electron chi connectivity index (χ0n) is 18.9. The van der Waals surface area contributed by atoms with Gasteiger partial charge in [-0.05, 0) is 38.4 Å². The highest BCUT2D eigenvalue weighted by atomic mass is 19.4. The van der Waals surface area contributed by atoms with Crippen molar-refractivity contribution in [3.8, 4) is 0 Å². The number of benzene rings is 1. The van der Waals surface area contributed by atoms with Crippen molar-refractivity contribution >= 4 is 22.6 Å². The summed E-state index contributed by atoms with van der Waals surface area (Å²) in [5, 5.41) is 6.94. The van der Waals surface area contributed by atoms with Crippen LogP contribution in [0, 0.1) is 0 Å². The third-order valence-corrected chi connectivity index (χ3v) is 5.79. The van der Waals surface area contributed by atoms with Crippen molar-refractivity contribution < 1.29 is 18.0 Å². The summed E-state index contributed by atoms with van der Waals surface area (Å²) < 4.78 is 38.3. The molecule has 8 nitrogen and oxygen atoms in total. The molecule has 1 atom stereocenters. The number of anilines is 1. The maximum atomic E-state index is 13.0. The van der Waals surface area contributed by atoms with Gasteiger partial charge in [0.15, 0.2) is 0 Å². The fourth-order valence-electron chi connectivity index (χ4n) is 3.95. The average Bonchev–Trinajstić information content (AvgIpc) is 2.83. The van der Waals surface area contributed by atoms with E-state index >= 15 is 0 Å². The Hall–Kier alpha value is -3.31. The first-order chi connectivity index (χ1) is 16.2. The zero-order chi connectivity index (χ0) is 24.3. The molecule has 0 saturated carbocycles. The number of fused-ring (bicyclic) bond motifs is 1. The minimum atomic E-state index is -4.60. The summed E-state index contributed by atoms with van der Waals surface area (Å²) in [4.78, 5) is 28.6. The number of nitrogens with zero attached hydrogens (tertiary/aromatic N) is 5. The number of piperazine rings is 1. The summed E-state index contributed by atoms with van der Waals surface area (Å²) in [5.41, 5.74) is 1.68. The first-order valence-corrected chi connectivity index (χ1v) is 10.9. The molecule has 2 N–H and O–H groups in total. The van der Waals surface area contributed by atoms with Crippen LogP contribution in [0.15, 0.2) is 42.7 Å². The number of hydrogen-bond acceptors (Lipinski definition) is 7. The highest BCUT2D eigenvalue weighted by molar-refractivity contribution is 6.06. The largest absolute Gasteiger partial charge is 0.451 e. The number of amides is 1. The van der Waals surface area contributed by atoms with Crippen molar-refractivity contribution in [2.45, 2.75) is 12.2 Å². The molecule has 0 bridgehead atoms. The molecular weight excluding hydrogens is 447 g/mol. The van der Waals surface area contributed by atoms with E-state index in [1.807, 2.05) is 18.2 Å². The van der Waals surface area contributed by atoms with Gasteiger partial charge in [0, 0.05) is 61.6 Å². The Morgan fingerprint density at radius 3 is 2.50 bits per heavy atom. The first-order valence-electron chi connectivity index (χ1n) is 10.9. The fourth-order valence-corrected chi connectivity index (χ4v) is 3.95. The number of carbonyl (C=O) groups is 1.